The Morgan fingerprint density at radius 2 is 1.91 bits per heavy atom. The van der Waals surface area contributed by atoms with E-state index in [2.05, 4.69) is 10.2 Å². The number of rotatable bonds is 8. The number of hydrogen-bond acceptors (Lipinski definition) is 8. The van der Waals surface area contributed by atoms with E-state index in [1.807, 2.05) is 42.5 Å². The Hall–Kier alpha value is -2.85. The number of amides is 1. The zero-order valence-electron chi connectivity index (χ0n) is 17.5. The number of nitrogens with zero attached hydrogens (tertiary/aromatic N) is 3. The molecule has 4 rings (SSSR count). The number of ether oxygens (including phenoxy) is 1. The largest absolute Gasteiger partial charge is 0.497 e. The maximum absolute atomic E-state index is 13.1. The lowest BCUT2D eigenvalue weighted by Crippen LogP contribution is -2.41. The van der Waals surface area contributed by atoms with Gasteiger partial charge in [0.05, 0.1) is 24.4 Å². The number of carbonyl (C=O) groups excluding carboxylic acids is 1. The predicted molar refractivity (Wildman–Crippen MR) is 121 cm³/mol. The molecule has 168 valence electrons. The fourth-order valence-corrected chi connectivity index (χ4v) is 5.93. The first kappa shape index (κ1) is 22.3. The zero-order valence-corrected chi connectivity index (χ0v) is 19.1. The highest BCUT2D eigenvalue weighted by molar-refractivity contribution is 7.99. The van der Waals surface area contributed by atoms with Gasteiger partial charge in [0.25, 0.3) is 5.22 Å². The van der Waals surface area contributed by atoms with Gasteiger partial charge < -0.3 is 14.1 Å². The summed E-state index contributed by atoms with van der Waals surface area (Å²) < 4.78 is 34.8. The van der Waals surface area contributed by atoms with Crippen molar-refractivity contribution in [3.63, 3.8) is 0 Å². The third-order valence-corrected chi connectivity index (χ3v) is 7.78. The number of benzene rings is 2. The highest BCUT2D eigenvalue weighted by Gasteiger charge is 2.34. The molecule has 0 bridgehead atoms. The Kier molecular flexibility index (Phi) is 6.80. The number of sulfone groups is 1. The van der Waals surface area contributed by atoms with E-state index in [1.165, 1.54) is 0 Å². The molecular formula is C22H23N3O5S2. The van der Waals surface area contributed by atoms with Gasteiger partial charge in [0.1, 0.15) is 5.75 Å². The first-order valence-corrected chi connectivity index (χ1v) is 12.9. The van der Waals surface area contributed by atoms with Crippen LogP contribution in [0.3, 0.4) is 0 Å². The van der Waals surface area contributed by atoms with Crippen LogP contribution in [0.15, 0.2) is 64.2 Å². The molecule has 1 aliphatic heterocycles. The molecule has 0 spiro atoms. The molecule has 1 aromatic heterocycles. The van der Waals surface area contributed by atoms with E-state index < -0.39 is 9.84 Å². The van der Waals surface area contributed by atoms with Crippen molar-refractivity contribution in [3.05, 3.63) is 60.2 Å². The van der Waals surface area contributed by atoms with Crippen LogP contribution < -0.4 is 4.74 Å². The van der Waals surface area contributed by atoms with Gasteiger partial charge in [-0.1, -0.05) is 42.1 Å². The van der Waals surface area contributed by atoms with Gasteiger partial charge in [-0.15, -0.1) is 10.2 Å². The molecule has 2 aromatic carbocycles. The number of carbonyl (C=O) groups is 1. The second-order valence-corrected chi connectivity index (χ2v) is 10.6. The molecule has 0 radical (unpaired) electrons. The van der Waals surface area contributed by atoms with Crippen molar-refractivity contribution in [2.45, 2.75) is 24.2 Å². The first-order chi connectivity index (χ1) is 15.4. The molecule has 1 fully saturated rings. The molecule has 0 saturated carbocycles. The zero-order chi connectivity index (χ0) is 22.6. The fourth-order valence-electron chi connectivity index (χ4n) is 3.55. The van der Waals surface area contributed by atoms with Crippen molar-refractivity contribution in [3.8, 4) is 17.2 Å². The van der Waals surface area contributed by atoms with Gasteiger partial charge in [-0.2, -0.15) is 0 Å². The Bertz CT molecular complexity index is 1160. The minimum absolute atomic E-state index is 0.00157. The number of hydrogen-bond donors (Lipinski definition) is 0. The predicted octanol–water partition coefficient (Wildman–Crippen LogP) is 3.05. The summed E-state index contributed by atoms with van der Waals surface area (Å²) in [5.74, 6) is 1.10. The van der Waals surface area contributed by atoms with Crippen molar-refractivity contribution < 1.29 is 22.4 Å². The lowest BCUT2D eigenvalue weighted by Gasteiger charge is -2.28. The van der Waals surface area contributed by atoms with Crippen molar-refractivity contribution in [1.82, 2.24) is 15.1 Å². The molecular weight excluding hydrogens is 450 g/mol. The fraction of sp³-hybridized carbons (Fsp3) is 0.318. The highest BCUT2D eigenvalue weighted by Crippen LogP contribution is 2.26. The van der Waals surface area contributed by atoms with Gasteiger partial charge in [-0.25, -0.2) is 8.42 Å². The third-order valence-electron chi connectivity index (χ3n) is 5.23. The summed E-state index contributed by atoms with van der Waals surface area (Å²) >= 11 is 1.14. The number of aromatic nitrogens is 2. The molecule has 1 amide bonds. The smallest absolute Gasteiger partial charge is 0.277 e. The van der Waals surface area contributed by atoms with Gasteiger partial charge in [0, 0.05) is 18.2 Å². The molecule has 2 heterocycles. The van der Waals surface area contributed by atoms with Gasteiger partial charge in [-0.3, -0.25) is 4.79 Å². The van der Waals surface area contributed by atoms with Gasteiger partial charge in [0.15, 0.2) is 9.84 Å². The quantitative estimate of drug-likeness (QED) is 0.460. The van der Waals surface area contributed by atoms with Gasteiger partial charge in [0.2, 0.25) is 11.8 Å². The van der Waals surface area contributed by atoms with Gasteiger partial charge >= 0.3 is 0 Å². The summed E-state index contributed by atoms with van der Waals surface area (Å²) in [6.45, 7) is 0.362. The Labute approximate surface area is 190 Å². The van der Waals surface area contributed by atoms with E-state index in [-0.39, 0.29) is 34.4 Å². The molecule has 0 aliphatic carbocycles. The number of thioether (sulfide) groups is 1. The first-order valence-electron chi connectivity index (χ1n) is 10.1. The molecule has 1 aliphatic rings. The number of methoxy groups -OCH3 is 1. The van der Waals surface area contributed by atoms with E-state index in [0.29, 0.717) is 18.9 Å². The third kappa shape index (κ3) is 5.49. The molecule has 1 atom stereocenters. The Morgan fingerprint density at radius 1 is 1.16 bits per heavy atom. The van der Waals surface area contributed by atoms with Crippen LogP contribution in [-0.2, 0) is 21.2 Å². The summed E-state index contributed by atoms with van der Waals surface area (Å²) in [5.41, 5.74) is 1.70. The molecule has 8 nitrogen and oxygen atoms in total. The molecule has 32 heavy (non-hydrogen) atoms. The standard InChI is InChI=1S/C22H23N3O5S2/c1-29-19-9-7-17(8-10-19)21-23-24-22(30-21)31-14-20(26)25(13-16-5-3-2-4-6-16)18-11-12-32(27,28)15-18/h2-10,18H,11-15H2,1H3/t18-/m0/s1. The summed E-state index contributed by atoms with van der Waals surface area (Å²) in [4.78, 5) is 14.7. The van der Waals surface area contributed by atoms with Crippen LogP contribution in [0.1, 0.15) is 12.0 Å². The van der Waals surface area contributed by atoms with Gasteiger partial charge in [-0.05, 0) is 36.2 Å². The minimum atomic E-state index is -3.12. The lowest BCUT2D eigenvalue weighted by molar-refractivity contribution is -0.130. The summed E-state index contributed by atoms with van der Waals surface area (Å²) in [6.07, 6.45) is 0.452. The second kappa shape index (κ2) is 9.74. The Balaban J connectivity index is 1.43. The van der Waals surface area contributed by atoms with E-state index >= 15 is 0 Å². The van der Waals surface area contributed by atoms with E-state index in [4.69, 9.17) is 9.15 Å². The van der Waals surface area contributed by atoms with Crippen molar-refractivity contribution in [1.29, 1.82) is 0 Å². The summed E-state index contributed by atoms with van der Waals surface area (Å²) in [5, 5.41) is 8.35. The average molecular weight is 474 g/mol. The molecule has 0 N–H and O–H groups in total. The van der Waals surface area contributed by atoms with Crippen LogP contribution in [0.25, 0.3) is 11.5 Å². The second-order valence-electron chi connectivity index (χ2n) is 7.45. The highest BCUT2D eigenvalue weighted by atomic mass is 32.2. The monoisotopic (exact) mass is 473 g/mol. The van der Waals surface area contributed by atoms with Crippen LogP contribution in [-0.4, -0.2) is 59.8 Å². The SMILES string of the molecule is COc1ccc(-c2nnc(SCC(=O)N(Cc3ccccc3)[C@H]3CCS(=O)(=O)C3)o2)cc1. The van der Waals surface area contributed by atoms with Crippen molar-refractivity contribution >= 4 is 27.5 Å². The maximum atomic E-state index is 13.1. The molecule has 3 aromatic rings. The van der Waals surface area contributed by atoms with Crippen LogP contribution >= 0.6 is 11.8 Å². The molecule has 10 heteroatoms. The summed E-state index contributed by atoms with van der Waals surface area (Å²) in [7, 11) is -1.52. The minimum Gasteiger partial charge on any atom is -0.497 e. The van der Waals surface area contributed by atoms with Crippen LogP contribution in [0.4, 0.5) is 0 Å². The normalized spacial score (nSPS) is 17.2. The van der Waals surface area contributed by atoms with E-state index in [9.17, 15) is 13.2 Å². The van der Waals surface area contributed by atoms with Crippen molar-refractivity contribution in [2.24, 2.45) is 0 Å². The van der Waals surface area contributed by atoms with Crippen LogP contribution in [0.5, 0.6) is 5.75 Å². The van der Waals surface area contributed by atoms with Crippen molar-refractivity contribution in [2.75, 3.05) is 24.4 Å². The average Bonchev–Trinajstić information content (AvgIpc) is 3.43. The topological polar surface area (TPSA) is 103 Å². The lowest BCUT2D eigenvalue weighted by atomic mass is 10.1. The van der Waals surface area contributed by atoms with Crippen LogP contribution in [0, 0.1) is 0 Å². The summed E-state index contributed by atoms with van der Waals surface area (Å²) in [6, 6.07) is 16.5. The molecule has 0 unspecified atom stereocenters. The molecule has 1 saturated heterocycles. The van der Waals surface area contributed by atoms with E-state index in [1.54, 1.807) is 24.1 Å². The van der Waals surface area contributed by atoms with E-state index in [0.717, 1.165) is 28.6 Å². The maximum Gasteiger partial charge on any atom is 0.277 e. The van der Waals surface area contributed by atoms with Crippen LogP contribution in [0.2, 0.25) is 0 Å². The Morgan fingerprint density at radius 3 is 2.56 bits per heavy atom.